The molecule has 8 heteroatoms. The van der Waals surface area contributed by atoms with E-state index in [1.165, 1.54) is 11.0 Å². The molecule has 0 aliphatic carbocycles. The Hall–Kier alpha value is -1.99. The minimum atomic E-state index is 0.393. The Labute approximate surface area is 86.1 Å². The van der Waals surface area contributed by atoms with Gasteiger partial charge in [0.25, 0.3) is 0 Å². The van der Waals surface area contributed by atoms with Gasteiger partial charge in [-0.05, 0) is 16.8 Å². The van der Waals surface area contributed by atoms with Gasteiger partial charge in [0, 0.05) is 6.54 Å². The first-order chi connectivity index (χ1) is 7.29. The van der Waals surface area contributed by atoms with Crippen molar-refractivity contribution in [1.82, 2.24) is 35.2 Å². The second kappa shape index (κ2) is 4.03. The van der Waals surface area contributed by atoms with Crippen LogP contribution in [0.15, 0.2) is 6.20 Å². The van der Waals surface area contributed by atoms with Crippen LogP contribution in [0, 0.1) is 0 Å². The first-order valence-electron chi connectivity index (χ1n) is 4.70. The molecule has 0 atom stereocenters. The van der Waals surface area contributed by atoms with Crippen molar-refractivity contribution in [2.75, 3.05) is 5.73 Å². The molecule has 0 unspecified atom stereocenters. The second-order valence-corrected chi connectivity index (χ2v) is 3.12. The average molecular weight is 208 g/mol. The highest BCUT2D eigenvalue weighted by Crippen LogP contribution is 1.98. The zero-order valence-corrected chi connectivity index (χ0v) is 8.41. The van der Waals surface area contributed by atoms with E-state index >= 15 is 0 Å². The smallest absolute Gasteiger partial charge is 0.174 e. The number of nitrogen functional groups attached to an aromatic ring is 1. The minimum absolute atomic E-state index is 0.393. The molecule has 0 saturated carbocycles. The number of aryl methyl sites for hydroxylation is 1. The SMILES string of the molecule is CCCn1nnnc1Cn1ncc(N)n1. The van der Waals surface area contributed by atoms with Crippen LogP contribution in [-0.2, 0) is 13.1 Å². The fraction of sp³-hybridized carbons (Fsp3) is 0.571. The van der Waals surface area contributed by atoms with Crippen molar-refractivity contribution >= 4 is 5.82 Å². The van der Waals surface area contributed by atoms with E-state index < -0.39 is 0 Å². The molecule has 0 fully saturated rings. The van der Waals surface area contributed by atoms with Crippen LogP contribution in [0.1, 0.15) is 19.2 Å². The van der Waals surface area contributed by atoms with Gasteiger partial charge in [-0.2, -0.15) is 9.90 Å². The van der Waals surface area contributed by atoms with Crippen molar-refractivity contribution in [3.05, 3.63) is 12.0 Å². The van der Waals surface area contributed by atoms with E-state index in [0.29, 0.717) is 12.4 Å². The molecule has 15 heavy (non-hydrogen) atoms. The summed E-state index contributed by atoms with van der Waals surface area (Å²) in [6, 6.07) is 0. The maximum atomic E-state index is 5.45. The molecule has 0 aromatic carbocycles. The topological polar surface area (TPSA) is 100 Å². The molecular formula is C7H12N8. The Morgan fingerprint density at radius 2 is 2.33 bits per heavy atom. The predicted molar refractivity (Wildman–Crippen MR) is 51.6 cm³/mol. The number of hydrogen-bond acceptors (Lipinski definition) is 6. The fourth-order valence-electron chi connectivity index (χ4n) is 1.24. The summed E-state index contributed by atoms with van der Waals surface area (Å²) >= 11 is 0. The molecule has 2 aromatic rings. The number of tetrazole rings is 1. The molecule has 0 aliphatic rings. The minimum Gasteiger partial charge on any atom is -0.381 e. The van der Waals surface area contributed by atoms with Gasteiger partial charge in [-0.25, -0.2) is 4.68 Å². The third kappa shape index (κ3) is 2.09. The van der Waals surface area contributed by atoms with Gasteiger partial charge >= 0.3 is 0 Å². The lowest BCUT2D eigenvalue weighted by Gasteiger charge is -2.01. The van der Waals surface area contributed by atoms with Crippen LogP contribution < -0.4 is 5.73 Å². The maximum absolute atomic E-state index is 5.45. The summed E-state index contributed by atoms with van der Waals surface area (Å²) in [6.07, 6.45) is 2.47. The summed E-state index contributed by atoms with van der Waals surface area (Å²) in [5, 5.41) is 19.3. The van der Waals surface area contributed by atoms with Crippen LogP contribution in [0.3, 0.4) is 0 Å². The molecule has 80 valence electrons. The first kappa shape index (κ1) is 9.56. The number of aromatic nitrogens is 7. The summed E-state index contributed by atoms with van der Waals surface area (Å²) in [6.45, 7) is 3.29. The molecular weight excluding hydrogens is 196 g/mol. The van der Waals surface area contributed by atoms with Gasteiger partial charge < -0.3 is 5.73 Å². The van der Waals surface area contributed by atoms with Crippen molar-refractivity contribution < 1.29 is 0 Å². The number of rotatable bonds is 4. The van der Waals surface area contributed by atoms with Crippen LogP contribution in [0.2, 0.25) is 0 Å². The van der Waals surface area contributed by atoms with Crippen LogP contribution in [0.4, 0.5) is 5.82 Å². The molecule has 2 rings (SSSR count). The van der Waals surface area contributed by atoms with Crippen LogP contribution in [-0.4, -0.2) is 35.2 Å². The zero-order valence-electron chi connectivity index (χ0n) is 8.41. The highest BCUT2D eigenvalue weighted by atomic mass is 15.6. The Kier molecular flexibility index (Phi) is 2.57. The molecule has 0 saturated heterocycles. The Morgan fingerprint density at radius 3 is 3.00 bits per heavy atom. The Bertz CT molecular complexity index is 430. The van der Waals surface area contributed by atoms with E-state index in [0.717, 1.165) is 18.8 Å². The summed E-state index contributed by atoms with van der Waals surface area (Å²) < 4.78 is 1.74. The van der Waals surface area contributed by atoms with Crippen molar-refractivity contribution in [2.45, 2.75) is 26.4 Å². The second-order valence-electron chi connectivity index (χ2n) is 3.12. The molecule has 0 aliphatic heterocycles. The Balaban J connectivity index is 2.13. The van der Waals surface area contributed by atoms with E-state index in [1.807, 2.05) is 0 Å². The molecule has 2 N–H and O–H groups in total. The maximum Gasteiger partial charge on any atom is 0.174 e. The van der Waals surface area contributed by atoms with Gasteiger partial charge in [0.15, 0.2) is 11.6 Å². The predicted octanol–water partition coefficient (Wildman–Crippen LogP) is -0.695. The van der Waals surface area contributed by atoms with E-state index in [9.17, 15) is 0 Å². The lowest BCUT2D eigenvalue weighted by molar-refractivity contribution is 0.507. The van der Waals surface area contributed by atoms with Crippen LogP contribution >= 0.6 is 0 Å². The molecule has 0 bridgehead atoms. The summed E-state index contributed by atoms with van der Waals surface area (Å²) in [5.41, 5.74) is 5.45. The zero-order chi connectivity index (χ0) is 10.7. The number of hydrogen-bond donors (Lipinski definition) is 1. The lowest BCUT2D eigenvalue weighted by atomic mass is 10.5. The fourth-order valence-corrected chi connectivity index (χ4v) is 1.24. The number of nitrogens with zero attached hydrogens (tertiary/aromatic N) is 7. The van der Waals surface area contributed by atoms with Gasteiger partial charge in [0.2, 0.25) is 0 Å². The Morgan fingerprint density at radius 1 is 1.47 bits per heavy atom. The molecule has 2 heterocycles. The van der Waals surface area contributed by atoms with Crippen molar-refractivity contribution in [1.29, 1.82) is 0 Å². The highest BCUT2D eigenvalue weighted by molar-refractivity contribution is 5.19. The van der Waals surface area contributed by atoms with E-state index in [4.69, 9.17) is 5.73 Å². The van der Waals surface area contributed by atoms with Crippen LogP contribution in [0.5, 0.6) is 0 Å². The van der Waals surface area contributed by atoms with E-state index in [-0.39, 0.29) is 0 Å². The third-order valence-corrected chi connectivity index (χ3v) is 1.88. The van der Waals surface area contributed by atoms with E-state index in [2.05, 4.69) is 32.6 Å². The van der Waals surface area contributed by atoms with Crippen LogP contribution in [0.25, 0.3) is 0 Å². The van der Waals surface area contributed by atoms with Gasteiger partial charge in [0.05, 0.1) is 6.20 Å². The quantitative estimate of drug-likeness (QED) is 0.713. The normalized spacial score (nSPS) is 10.7. The van der Waals surface area contributed by atoms with E-state index in [1.54, 1.807) is 4.68 Å². The summed E-state index contributed by atoms with van der Waals surface area (Å²) in [5.74, 6) is 1.12. The molecule has 2 aromatic heterocycles. The van der Waals surface area contributed by atoms with Gasteiger partial charge in [-0.1, -0.05) is 6.92 Å². The van der Waals surface area contributed by atoms with Crippen molar-refractivity contribution in [3.8, 4) is 0 Å². The number of nitrogens with two attached hydrogens (primary N) is 1. The summed E-state index contributed by atoms with van der Waals surface area (Å²) in [4.78, 5) is 1.47. The monoisotopic (exact) mass is 208 g/mol. The lowest BCUT2D eigenvalue weighted by Crippen LogP contribution is -2.12. The van der Waals surface area contributed by atoms with Gasteiger partial charge in [-0.15, -0.1) is 10.2 Å². The third-order valence-electron chi connectivity index (χ3n) is 1.88. The molecule has 0 amide bonds. The molecule has 0 spiro atoms. The average Bonchev–Trinajstić information content (AvgIpc) is 2.78. The standard InChI is InChI=1S/C7H12N8/c1-2-3-14-7(10-12-13-14)5-15-9-4-6(8)11-15/h4H,2-3,5H2,1H3,(H2,8,11). The van der Waals surface area contributed by atoms with Crippen molar-refractivity contribution in [3.63, 3.8) is 0 Å². The number of anilines is 1. The molecule has 8 nitrogen and oxygen atoms in total. The highest BCUT2D eigenvalue weighted by Gasteiger charge is 2.07. The summed E-state index contributed by atoms with van der Waals surface area (Å²) in [7, 11) is 0. The van der Waals surface area contributed by atoms with Gasteiger partial charge in [0.1, 0.15) is 6.54 Å². The first-order valence-corrected chi connectivity index (χ1v) is 4.70. The molecule has 0 radical (unpaired) electrons. The largest absolute Gasteiger partial charge is 0.381 e. The van der Waals surface area contributed by atoms with Crippen molar-refractivity contribution in [2.24, 2.45) is 0 Å². The van der Waals surface area contributed by atoms with Gasteiger partial charge in [-0.3, -0.25) is 0 Å².